The lowest BCUT2D eigenvalue weighted by molar-refractivity contribution is -0.142. The lowest BCUT2D eigenvalue weighted by atomic mass is 10.1. The first-order valence-electron chi connectivity index (χ1n) is 6.71. The molecule has 0 saturated carbocycles. The molecule has 1 atom stereocenters. The van der Waals surface area contributed by atoms with E-state index in [1.165, 1.54) is 0 Å². The van der Waals surface area contributed by atoms with Gasteiger partial charge in [-0.2, -0.15) is 0 Å². The second kappa shape index (κ2) is 6.32. The van der Waals surface area contributed by atoms with E-state index in [1.54, 1.807) is 25.1 Å². The van der Waals surface area contributed by atoms with Crippen LogP contribution in [0.1, 0.15) is 17.3 Å². The molecule has 1 amide bonds. The van der Waals surface area contributed by atoms with Crippen LogP contribution in [-0.4, -0.2) is 54.1 Å². The fraction of sp³-hybridized carbons (Fsp3) is 0.429. The Kier molecular flexibility index (Phi) is 4.69. The van der Waals surface area contributed by atoms with E-state index in [4.69, 9.17) is 22.4 Å². The van der Waals surface area contributed by atoms with Gasteiger partial charge < -0.3 is 15.7 Å². The molecule has 114 valence electrons. The number of primary amides is 1. The fourth-order valence-electron chi connectivity index (χ4n) is 2.42. The molecule has 1 saturated heterocycles. The molecule has 0 bridgehead atoms. The van der Waals surface area contributed by atoms with Crippen molar-refractivity contribution in [2.45, 2.75) is 13.0 Å². The summed E-state index contributed by atoms with van der Waals surface area (Å²) in [7, 11) is 0. The number of hydrogen-bond acceptors (Lipinski definition) is 4. The van der Waals surface area contributed by atoms with Crippen molar-refractivity contribution in [3.63, 3.8) is 0 Å². The number of piperazine rings is 1. The van der Waals surface area contributed by atoms with E-state index in [0.717, 1.165) is 5.69 Å². The molecule has 0 aliphatic carbocycles. The molecule has 1 aromatic rings. The molecule has 1 aromatic carbocycles. The third kappa shape index (κ3) is 3.46. The average Bonchev–Trinajstić information content (AvgIpc) is 2.46. The summed E-state index contributed by atoms with van der Waals surface area (Å²) in [6.45, 7) is 4.37. The Hall–Kier alpha value is -1.79. The molecule has 7 heteroatoms. The number of nitrogens with zero attached hydrogens (tertiary/aromatic N) is 2. The Bertz CT molecular complexity index is 556. The zero-order chi connectivity index (χ0) is 15.6. The van der Waals surface area contributed by atoms with Gasteiger partial charge in [0.05, 0.1) is 10.7 Å². The van der Waals surface area contributed by atoms with E-state index < -0.39 is 17.9 Å². The standard InChI is InChI=1S/C14H18ClN3O3/c1-9(14(20)21)17-4-6-18(7-5-17)12-3-2-10(13(16)19)8-11(12)15/h2-3,8-9H,4-7H2,1H3,(H2,16,19)(H,20,21). The lowest BCUT2D eigenvalue weighted by Crippen LogP contribution is -2.51. The quantitative estimate of drug-likeness (QED) is 0.867. The highest BCUT2D eigenvalue weighted by atomic mass is 35.5. The first-order chi connectivity index (χ1) is 9.90. The van der Waals surface area contributed by atoms with Gasteiger partial charge in [-0.1, -0.05) is 11.6 Å². The summed E-state index contributed by atoms with van der Waals surface area (Å²) in [4.78, 5) is 26.1. The summed E-state index contributed by atoms with van der Waals surface area (Å²) in [6.07, 6.45) is 0. The molecular weight excluding hydrogens is 294 g/mol. The van der Waals surface area contributed by atoms with Gasteiger partial charge in [0.15, 0.2) is 0 Å². The van der Waals surface area contributed by atoms with Crippen LogP contribution in [0.4, 0.5) is 5.69 Å². The number of aliphatic carboxylic acids is 1. The van der Waals surface area contributed by atoms with Crippen molar-refractivity contribution in [1.29, 1.82) is 0 Å². The summed E-state index contributed by atoms with van der Waals surface area (Å²) in [5.41, 5.74) is 6.43. The van der Waals surface area contributed by atoms with E-state index in [2.05, 4.69) is 4.90 Å². The number of halogens is 1. The van der Waals surface area contributed by atoms with Crippen molar-refractivity contribution in [3.05, 3.63) is 28.8 Å². The summed E-state index contributed by atoms with van der Waals surface area (Å²) >= 11 is 6.20. The Labute approximate surface area is 128 Å². The molecule has 1 aliphatic heterocycles. The second-order valence-corrected chi connectivity index (χ2v) is 5.47. The number of carbonyl (C=O) groups excluding carboxylic acids is 1. The molecule has 0 radical (unpaired) electrons. The van der Waals surface area contributed by atoms with Crippen molar-refractivity contribution in [2.24, 2.45) is 5.73 Å². The normalized spacial score (nSPS) is 17.5. The molecule has 3 N–H and O–H groups in total. The molecule has 0 spiro atoms. The summed E-state index contributed by atoms with van der Waals surface area (Å²) in [5, 5.41) is 9.50. The van der Waals surface area contributed by atoms with Crippen LogP contribution in [0.25, 0.3) is 0 Å². The van der Waals surface area contributed by atoms with Gasteiger partial charge >= 0.3 is 5.97 Å². The van der Waals surface area contributed by atoms with Gasteiger partial charge in [0.1, 0.15) is 6.04 Å². The van der Waals surface area contributed by atoms with Gasteiger partial charge in [0.25, 0.3) is 0 Å². The lowest BCUT2D eigenvalue weighted by Gasteiger charge is -2.38. The van der Waals surface area contributed by atoms with Gasteiger partial charge in [0, 0.05) is 31.7 Å². The molecule has 1 unspecified atom stereocenters. The molecule has 1 fully saturated rings. The van der Waals surface area contributed by atoms with Gasteiger partial charge in [0.2, 0.25) is 5.91 Å². The molecule has 6 nitrogen and oxygen atoms in total. The number of nitrogens with two attached hydrogens (primary N) is 1. The predicted octanol–water partition coefficient (Wildman–Crippen LogP) is 1.03. The topological polar surface area (TPSA) is 86.9 Å². The summed E-state index contributed by atoms with van der Waals surface area (Å²) < 4.78 is 0. The van der Waals surface area contributed by atoms with Crippen molar-refractivity contribution < 1.29 is 14.7 Å². The van der Waals surface area contributed by atoms with Crippen molar-refractivity contribution in [2.75, 3.05) is 31.1 Å². The third-order valence-electron chi connectivity index (χ3n) is 3.79. The highest BCUT2D eigenvalue weighted by Crippen LogP contribution is 2.28. The highest BCUT2D eigenvalue weighted by molar-refractivity contribution is 6.33. The van der Waals surface area contributed by atoms with E-state index in [1.807, 2.05) is 4.90 Å². The van der Waals surface area contributed by atoms with Crippen LogP contribution in [0, 0.1) is 0 Å². The van der Waals surface area contributed by atoms with Gasteiger partial charge in [-0.3, -0.25) is 14.5 Å². The van der Waals surface area contributed by atoms with Crippen LogP contribution in [0.3, 0.4) is 0 Å². The number of rotatable bonds is 4. The minimum absolute atomic E-state index is 0.377. The minimum atomic E-state index is -0.813. The molecule has 0 aromatic heterocycles. The number of hydrogen-bond donors (Lipinski definition) is 2. The summed E-state index contributed by atoms with van der Waals surface area (Å²) in [5.74, 6) is -1.32. The number of anilines is 1. The largest absolute Gasteiger partial charge is 0.480 e. The van der Waals surface area contributed by atoms with Gasteiger partial charge in [-0.15, -0.1) is 0 Å². The SMILES string of the molecule is CC(C(=O)O)N1CCN(c2ccc(C(N)=O)cc2Cl)CC1. The van der Waals surface area contributed by atoms with Crippen LogP contribution >= 0.6 is 11.6 Å². The molecule has 21 heavy (non-hydrogen) atoms. The monoisotopic (exact) mass is 311 g/mol. The number of benzene rings is 1. The van der Waals surface area contributed by atoms with Crippen molar-refractivity contribution in [3.8, 4) is 0 Å². The number of carboxylic acid groups (broad SMARTS) is 1. The zero-order valence-electron chi connectivity index (χ0n) is 11.8. The Morgan fingerprint density at radius 3 is 2.38 bits per heavy atom. The van der Waals surface area contributed by atoms with Crippen LogP contribution in [0.5, 0.6) is 0 Å². The fourth-order valence-corrected chi connectivity index (χ4v) is 2.72. The minimum Gasteiger partial charge on any atom is -0.480 e. The molecular formula is C14H18ClN3O3. The van der Waals surface area contributed by atoms with Gasteiger partial charge in [-0.05, 0) is 25.1 Å². The number of amides is 1. The van der Waals surface area contributed by atoms with E-state index in [-0.39, 0.29) is 0 Å². The summed E-state index contributed by atoms with van der Waals surface area (Å²) in [6, 6.07) is 4.50. The smallest absolute Gasteiger partial charge is 0.320 e. The maximum atomic E-state index is 11.1. The van der Waals surface area contributed by atoms with Crippen LogP contribution in [0.15, 0.2) is 18.2 Å². The number of carboxylic acids is 1. The van der Waals surface area contributed by atoms with Crippen molar-refractivity contribution in [1.82, 2.24) is 4.90 Å². The predicted molar refractivity (Wildman–Crippen MR) is 80.9 cm³/mol. The molecule has 1 aliphatic rings. The Morgan fingerprint density at radius 1 is 1.29 bits per heavy atom. The zero-order valence-corrected chi connectivity index (χ0v) is 12.5. The van der Waals surface area contributed by atoms with Crippen molar-refractivity contribution >= 4 is 29.2 Å². The van der Waals surface area contributed by atoms with E-state index in [9.17, 15) is 9.59 Å². The van der Waals surface area contributed by atoms with Gasteiger partial charge in [-0.25, -0.2) is 0 Å². The molecule has 2 rings (SSSR count). The van der Waals surface area contributed by atoms with E-state index in [0.29, 0.717) is 36.8 Å². The second-order valence-electron chi connectivity index (χ2n) is 5.07. The van der Waals surface area contributed by atoms with Crippen LogP contribution in [0.2, 0.25) is 5.02 Å². The third-order valence-corrected chi connectivity index (χ3v) is 4.09. The average molecular weight is 312 g/mol. The maximum Gasteiger partial charge on any atom is 0.320 e. The Morgan fingerprint density at radius 2 is 1.90 bits per heavy atom. The first kappa shape index (κ1) is 15.6. The highest BCUT2D eigenvalue weighted by Gasteiger charge is 2.26. The molecule has 1 heterocycles. The first-order valence-corrected chi connectivity index (χ1v) is 7.09. The van der Waals surface area contributed by atoms with E-state index >= 15 is 0 Å². The Balaban J connectivity index is 2.05. The van der Waals surface area contributed by atoms with Crippen LogP contribution < -0.4 is 10.6 Å². The van der Waals surface area contributed by atoms with Crippen LogP contribution in [-0.2, 0) is 4.79 Å². The number of carbonyl (C=O) groups is 2. The maximum absolute atomic E-state index is 11.1.